The van der Waals surface area contributed by atoms with Crippen LogP contribution >= 0.6 is 0 Å². The van der Waals surface area contributed by atoms with Gasteiger partial charge in [-0.2, -0.15) is 4.39 Å². The minimum atomic E-state index is -0.858. The minimum Gasteiger partial charge on any atom is -0.494 e. The summed E-state index contributed by atoms with van der Waals surface area (Å²) < 4.78 is 32.2. The molecular weight excluding hydrogens is 222 g/mol. The van der Waals surface area contributed by atoms with Crippen molar-refractivity contribution in [3.05, 3.63) is 29.3 Å². The molecular formula is C14H18F2O. The van der Waals surface area contributed by atoms with Gasteiger partial charge in [-0.25, -0.2) is 4.39 Å². The zero-order valence-electron chi connectivity index (χ0n) is 10.3. The number of hydrogen-bond donors (Lipinski definition) is 0. The van der Waals surface area contributed by atoms with Gasteiger partial charge in [0.25, 0.3) is 0 Å². The number of halogens is 2. The Labute approximate surface area is 101 Å². The fourth-order valence-corrected chi connectivity index (χ4v) is 2.59. The Bertz CT molecular complexity index is 395. The van der Waals surface area contributed by atoms with Gasteiger partial charge in [0.05, 0.1) is 7.11 Å². The molecule has 0 atom stereocenters. The van der Waals surface area contributed by atoms with Gasteiger partial charge in [0.1, 0.15) is 0 Å². The lowest BCUT2D eigenvalue weighted by Crippen LogP contribution is -2.13. The van der Waals surface area contributed by atoms with E-state index in [1.807, 2.05) is 0 Å². The highest BCUT2D eigenvalue weighted by atomic mass is 19.2. The highest BCUT2D eigenvalue weighted by Crippen LogP contribution is 2.38. The summed E-state index contributed by atoms with van der Waals surface area (Å²) in [5.41, 5.74) is 0.509. The van der Waals surface area contributed by atoms with Gasteiger partial charge in [-0.05, 0) is 36.3 Å². The molecule has 94 valence electrons. The van der Waals surface area contributed by atoms with E-state index in [1.54, 1.807) is 6.07 Å². The molecule has 1 nitrogen and oxygen atoms in total. The van der Waals surface area contributed by atoms with Gasteiger partial charge < -0.3 is 4.74 Å². The van der Waals surface area contributed by atoms with Gasteiger partial charge in [0.15, 0.2) is 11.6 Å². The Morgan fingerprint density at radius 1 is 1.06 bits per heavy atom. The summed E-state index contributed by atoms with van der Waals surface area (Å²) in [5.74, 6) is -0.744. The summed E-state index contributed by atoms with van der Waals surface area (Å²) >= 11 is 0. The molecule has 0 bridgehead atoms. The standard InChI is InChI=1S/C14H18F2O/c1-9-3-5-10(6-4-9)11-7-8-12(17-2)14(16)13(11)15/h7-10H,3-6H2,1-2H3. The van der Waals surface area contributed by atoms with E-state index in [-0.39, 0.29) is 11.7 Å². The lowest BCUT2D eigenvalue weighted by atomic mass is 9.79. The maximum Gasteiger partial charge on any atom is 0.200 e. The van der Waals surface area contributed by atoms with Crippen LogP contribution in [0.25, 0.3) is 0 Å². The van der Waals surface area contributed by atoms with E-state index in [4.69, 9.17) is 4.74 Å². The SMILES string of the molecule is COc1ccc(C2CCC(C)CC2)c(F)c1F. The molecule has 1 fully saturated rings. The number of methoxy groups -OCH3 is 1. The van der Waals surface area contributed by atoms with Crippen molar-refractivity contribution < 1.29 is 13.5 Å². The van der Waals surface area contributed by atoms with Gasteiger partial charge in [0, 0.05) is 0 Å². The summed E-state index contributed by atoms with van der Waals surface area (Å²) in [4.78, 5) is 0. The summed E-state index contributed by atoms with van der Waals surface area (Å²) in [6.07, 6.45) is 4.09. The van der Waals surface area contributed by atoms with Crippen LogP contribution in [-0.2, 0) is 0 Å². The van der Waals surface area contributed by atoms with Crippen LogP contribution in [-0.4, -0.2) is 7.11 Å². The van der Waals surface area contributed by atoms with Gasteiger partial charge in [0.2, 0.25) is 5.82 Å². The lowest BCUT2D eigenvalue weighted by molar-refractivity contribution is 0.333. The highest BCUT2D eigenvalue weighted by Gasteiger charge is 2.24. The van der Waals surface area contributed by atoms with Crippen molar-refractivity contribution in [3.8, 4) is 5.75 Å². The Kier molecular flexibility index (Phi) is 3.65. The molecule has 0 saturated heterocycles. The maximum absolute atomic E-state index is 13.9. The van der Waals surface area contributed by atoms with E-state index in [1.165, 1.54) is 13.2 Å². The molecule has 0 radical (unpaired) electrons. The number of rotatable bonds is 2. The number of benzene rings is 1. The second-order valence-corrected chi connectivity index (χ2v) is 4.94. The van der Waals surface area contributed by atoms with Crippen molar-refractivity contribution in [2.75, 3.05) is 7.11 Å². The predicted molar refractivity (Wildman–Crippen MR) is 63.3 cm³/mol. The summed E-state index contributed by atoms with van der Waals surface area (Å²) in [6, 6.07) is 3.18. The molecule has 0 amide bonds. The molecule has 0 heterocycles. The molecule has 1 aliphatic rings. The predicted octanol–water partition coefficient (Wildman–Crippen LogP) is 4.27. The van der Waals surface area contributed by atoms with Crippen molar-refractivity contribution in [3.63, 3.8) is 0 Å². The van der Waals surface area contributed by atoms with Crippen LogP contribution in [0.15, 0.2) is 12.1 Å². The summed E-state index contributed by atoms with van der Waals surface area (Å²) in [7, 11) is 1.35. The van der Waals surface area contributed by atoms with Crippen molar-refractivity contribution in [2.24, 2.45) is 5.92 Å². The highest BCUT2D eigenvalue weighted by molar-refractivity contribution is 5.33. The first-order valence-electron chi connectivity index (χ1n) is 6.15. The minimum absolute atomic E-state index is 0.0181. The fourth-order valence-electron chi connectivity index (χ4n) is 2.59. The van der Waals surface area contributed by atoms with E-state index in [2.05, 4.69) is 6.92 Å². The van der Waals surface area contributed by atoms with E-state index in [9.17, 15) is 8.78 Å². The van der Waals surface area contributed by atoms with Crippen LogP contribution in [0.2, 0.25) is 0 Å². The normalized spacial score (nSPS) is 24.7. The smallest absolute Gasteiger partial charge is 0.200 e. The first kappa shape index (κ1) is 12.3. The van der Waals surface area contributed by atoms with Gasteiger partial charge in [-0.3, -0.25) is 0 Å². The Morgan fingerprint density at radius 2 is 1.71 bits per heavy atom. The zero-order chi connectivity index (χ0) is 12.4. The molecule has 3 heteroatoms. The van der Waals surface area contributed by atoms with E-state index < -0.39 is 11.6 Å². The lowest BCUT2D eigenvalue weighted by Gasteiger charge is -2.26. The molecule has 0 spiro atoms. The molecule has 0 aromatic heterocycles. The molecule has 0 N–H and O–H groups in total. The first-order chi connectivity index (χ1) is 8.13. The zero-order valence-corrected chi connectivity index (χ0v) is 10.3. The number of ether oxygens (including phenoxy) is 1. The van der Waals surface area contributed by atoms with Crippen molar-refractivity contribution >= 4 is 0 Å². The fraction of sp³-hybridized carbons (Fsp3) is 0.571. The molecule has 0 aliphatic heterocycles. The average molecular weight is 240 g/mol. The third-order valence-corrected chi connectivity index (χ3v) is 3.75. The largest absolute Gasteiger partial charge is 0.494 e. The van der Waals surface area contributed by atoms with Crippen LogP contribution in [0, 0.1) is 17.6 Å². The average Bonchev–Trinajstić information content (AvgIpc) is 2.34. The van der Waals surface area contributed by atoms with Crippen LogP contribution < -0.4 is 4.74 Å². The third kappa shape index (κ3) is 2.43. The van der Waals surface area contributed by atoms with Crippen LogP contribution in [0.3, 0.4) is 0 Å². The van der Waals surface area contributed by atoms with E-state index in [0.29, 0.717) is 11.5 Å². The van der Waals surface area contributed by atoms with Crippen molar-refractivity contribution in [1.82, 2.24) is 0 Å². The molecule has 1 aromatic carbocycles. The van der Waals surface area contributed by atoms with Crippen LogP contribution in [0.4, 0.5) is 8.78 Å². The van der Waals surface area contributed by atoms with Gasteiger partial charge in [-0.1, -0.05) is 25.8 Å². The number of hydrogen-bond acceptors (Lipinski definition) is 1. The quantitative estimate of drug-likeness (QED) is 0.750. The summed E-state index contributed by atoms with van der Waals surface area (Å²) in [5, 5.41) is 0. The monoisotopic (exact) mass is 240 g/mol. The molecule has 1 aromatic rings. The Balaban J connectivity index is 2.24. The van der Waals surface area contributed by atoms with Crippen LogP contribution in [0.1, 0.15) is 44.1 Å². The molecule has 2 rings (SSSR count). The molecule has 17 heavy (non-hydrogen) atoms. The third-order valence-electron chi connectivity index (χ3n) is 3.75. The second kappa shape index (κ2) is 5.03. The maximum atomic E-state index is 13.9. The molecule has 1 saturated carbocycles. The van der Waals surface area contributed by atoms with Crippen LogP contribution in [0.5, 0.6) is 5.75 Å². The molecule has 0 unspecified atom stereocenters. The van der Waals surface area contributed by atoms with Gasteiger partial charge >= 0.3 is 0 Å². The Hall–Kier alpha value is -1.12. The van der Waals surface area contributed by atoms with Crippen molar-refractivity contribution in [1.29, 1.82) is 0 Å². The topological polar surface area (TPSA) is 9.23 Å². The Morgan fingerprint density at radius 3 is 2.29 bits per heavy atom. The van der Waals surface area contributed by atoms with E-state index in [0.717, 1.165) is 25.7 Å². The second-order valence-electron chi connectivity index (χ2n) is 4.94. The van der Waals surface area contributed by atoms with Crippen molar-refractivity contribution in [2.45, 2.75) is 38.5 Å². The van der Waals surface area contributed by atoms with E-state index >= 15 is 0 Å². The molecule has 1 aliphatic carbocycles. The first-order valence-corrected chi connectivity index (χ1v) is 6.15. The summed E-state index contributed by atoms with van der Waals surface area (Å²) in [6.45, 7) is 2.21. The van der Waals surface area contributed by atoms with Gasteiger partial charge in [-0.15, -0.1) is 0 Å².